The van der Waals surface area contributed by atoms with Crippen molar-refractivity contribution in [1.29, 1.82) is 0 Å². The second kappa shape index (κ2) is 11.3. The maximum Gasteiger partial charge on any atom is 0.328 e. The molecular formula is C28H27Cl2FN2O6. The predicted molar refractivity (Wildman–Crippen MR) is 143 cm³/mol. The van der Waals surface area contributed by atoms with Crippen LogP contribution < -0.4 is 0 Å². The summed E-state index contributed by atoms with van der Waals surface area (Å²) in [5.41, 5.74) is -0.194. The zero-order valence-corrected chi connectivity index (χ0v) is 22.7. The number of ether oxygens (including phenoxy) is 1. The minimum Gasteiger partial charge on any atom is -0.396 e. The first-order valence-corrected chi connectivity index (χ1v) is 12.9. The molecule has 8 nitrogen and oxygen atoms in total. The maximum absolute atomic E-state index is 17.5. The third-order valence-corrected chi connectivity index (χ3v) is 7.05. The molecule has 2 amide bonds. The molecule has 39 heavy (non-hydrogen) atoms. The van der Waals surface area contributed by atoms with Gasteiger partial charge in [0.2, 0.25) is 0 Å². The molecule has 3 atom stereocenters. The third kappa shape index (κ3) is 5.56. The van der Waals surface area contributed by atoms with Crippen LogP contribution in [0.4, 0.5) is 4.39 Å². The summed E-state index contributed by atoms with van der Waals surface area (Å²) < 4.78 is 23.3. The van der Waals surface area contributed by atoms with Gasteiger partial charge in [0.25, 0.3) is 11.8 Å². The molecule has 3 aromatic rings. The van der Waals surface area contributed by atoms with Crippen LogP contribution >= 0.6 is 23.2 Å². The van der Waals surface area contributed by atoms with Gasteiger partial charge in [-0.2, -0.15) is 4.39 Å². The number of hydrogen-bond donors (Lipinski definition) is 3. The lowest BCUT2D eigenvalue weighted by Gasteiger charge is -2.39. The number of nitrogens with zero attached hydrogens (tertiary/aromatic N) is 2. The van der Waals surface area contributed by atoms with Gasteiger partial charge in [0, 0.05) is 36.4 Å². The number of amides is 2. The Balaban J connectivity index is 2.03. The summed E-state index contributed by atoms with van der Waals surface area (Å²) in [5, 5.41) is 30.6. The summed E-state index contributed by atoms with van der Waals surface area (Å²) in [6.45, 7) is 1.26. The Labute approximate surface area is 234 Å². The topological polar surface area (TPSA) is 120 Å². The molecule has 2 heterocycles. The number of hydrogen-bond acceptors (Lipinski definition) is 7. The third-order valence-electron chi connectivity index (χ3n) is 6.58. The highest BCUT2D eigenvalue weighted by Gasteiger charge is 2.59. The Hall–Kier alpha value is -2.92. The molecule has 0 saturated carbocycles. The molecular weight excluding hydrogens is 550 g/mol. The number of pyridine rings is 1. The highest BCUT2D eigenvalue weighted by Crippen LogP contribution is 2.49. The van der Waals surface area contributed by atoms with E-state index in [4.69, 9.17) is 27.9 Å². The van der Waals surface area contributed by atoms with E-state index in [0.717, 1.165) is 6.92 Å². The smallest absolute Gasteiger partial charge is 0.328 e. The van der Waals surface area contributed by atoms with Gasteiger partial charge in [-0.25, -0.2) is 4.90 Å². The van der Waals surface area contributed by atoms with Gasteiger partial charge in [0.1, 0.15) is 6.10 Å². The number of carbonyl (C=O) groups excluding carboxylic acids is 2. The number of imide groups is 1. The first-order valence-electron chi connectivity index (χ1n) is 12.1. The Morgan fingerprint density at radius 1 is 1.10 bits per heavy atom. The Kier molecular flexibility index (Phi) is 8.41. The molecule has 2 aromatic carbocycles. The molecule has 2 unspecified atom stereocenters. The number of rotatable bonds is 9. The summed E-state index contributed by atoms with van der Waals surface area (Å²) in [6.07, 6.45) is -0.509. The molecule has 206 valence electrons. The van der Waals surface area contributed by atoms with E-state index < -0.39 is 42.7 Å². The van der Waals surface area contributed by atoms with Crippen molar-refractivity contribution in [1.82, 2.24) is 9.88 Å². The van der Waals surface area contributed by atoms with Crippen molar-refractivity contribution in [2.75, 3.05) is 13.2 Å². The quantitative estimate of drug-likeness (QED) is 0.326. The van der Waals surface area contributed by atoms with Gasteiger partial charge in [-0.05, 0) is 60.9 Å². The largest absolute Gasteiger partial charge is 0.396 e. The monoisotopic (exact) mass is 576 g/mol. The average Bonchev–Trinajstić information content (AvgIpc) is 3.11. The lowest BCUT2D eigenvalue weighted by molar-refractivity contribution is -0.289. The van der Waals surface area contributed by atoms with Crippen molar-refractivity contribution in [3.63, 3.8) is 0 Å². The molecule has 1 aromatic heterocycles. The van der Waals surface area contributed by atoms with Crippen molar-refractivity contribution in [3.8, 4) is 11.1 Å². The van der Waals surface area contributed by atoms with Crippen LogP contribution in [0.15, 0.2) is 54.7 Å². The predicted octanol–water partition coefficient (Wildman–Crippen LogP) is 4.24. The minimum absolute atomic E-state index is 0.00710. The van der Waals surface area contributed by atoms with Crippen LogP contribution in [0.5, 0.6) is 0 Å². The van der Waals surface area contributed by atoms with Gasteiger partial charge in [-0.3, -0.25) is 14.6 Å². The molecule has 4 rings (SSSR count). The Morgan fingerprint density at radius 3 is 2.31 bits per heavy atom. The van der Waals surface area contributed by atoms with Gasteiger partial charge in [-0.15, -0.1) is 0 Å². The normalized spacial score (nSPS) is 19.1. The van der Waals surface area contributed by atoms with E-state index in [1.165, 1.54) is 19.2 Å². The zero-order valence-electron chi connectivity index (χ0n) is 21.2. The molecule has 3 N–H and O–H groups in total. The van der Waals surface area contributed by atoms with Gasteiger partial charge in [-0.1, -0.05) is 41.4 Å². The summed E-state index contributed by atoms with van der Waals surface area (Å²) in [7, 11) is 0. The first-order chi connectivity index (χ1) is 18.4. The van der Waals surface area contributed by atoms with Crippen LogP contribution in [0.2, 0.25) is 10.0 Å². The first kappa shape index (κ1) is 29.1. The van der Waals surface area contributed by atoms with E-state index in [1.54, 1.807) is 42.5 Å². The van der Waals surface area contributed by atoms with Gasteiger partial charge in [0.05, 0.1) is 28.4 Å². The molecule has 0 spiro atoms. The van der Waals surface area contributed by atoms with Crippen molar-refractivity contribution in [3.05, 3.63) is 87.2 Å². The number of aliphatic hydroxyl groups excluding tert-OH is 3. The Morgan fingerprint density at radius 2 is 1.74 bits per heavy atom. The summed E-state index contributed by atoms with van der Waals surface area (Å²) in [6, 6.07) is 13.0. The maximum atomic E-state index is 17.5. The molecule has 11 heteroatoms. The van der Waals surface area contributed by atoms with Crippen molar-refractivity contribution >= 4 is 35.0 Å². The molecule has 1 aliphatic rings. The van der Waals surface area contributed by atoms with Gasteiger partial charge in [0.15, 0.2) is 0 Å². The molecule has 0 saturated heterocycles. The average molecular weight is 577 g/mol. The summed E-state index contributed by atoms with van der Waals surface area (Å²) in [5.74, 6) is -5.49. The second-order valence-electron chi connectivity index (χ2n) is 9.57. The number of alkyl halides is 1. The van der Waals surface area contributed by atoms with Crippen LogP contribution in [0.3, 0.4) is 0 Å². The number of aliphatic hydroxyl groups is 3. The van der Waals surface area contributed by atoms with E-state index in [1.807, 2.05) is 0 Å². The highest BCUT2D eigenvalue weighted by atomic mass is 35.5. The number of fused-ring (bicyclic) bond motifs is 1. The van der Waals surface area contributed by atoms with E-state index in [0.29, 0.717) is 26.9 Å². The molecule has 0 aliphatic carbocycles. The lowest BCUT2D eigenvalue weighted by atomic mass is 9.89. The van der Waals surface area contributed by atoms with Crippen LogP contribution in [-0.4, -0.2) is 61.9 Å². The standard InChI is InChI=1S/C28H27Cl2FN2O6/c1-16(36)25(37)33-26(38)22-10-9-21(17-3-5-18(29)6-4-17)23(13-20-8-7-19(30)14-32-20)24(22)28(33,31)39-27(2,15-35)11-12-34/h3-10,14,16,34-36H,11-13,15H2,1-2H3/t16?,27?,28-/m1/s1. The number of benzene rings is 2. The van der Waals surface area contributed by atoms with Crippen molar-refractivity contribution in [2.24, 2.45) is 0 Å². The SMILES string of the molecule is CC(O)C(=O)N1C(=O)c2ccc(-c3ccc(Cl)cc3)c(Cc3ccc(Cl)cn3)c2[C@]1(F)OC(C)(CO)CCO. The number of aromatic nitrogens is 1. The van der Waals surface area contributed by atoms with E-state index in [2.05, 4.69) is 4.98 Å². The molecule has 0 radical (unpaired) electrons. The second-order valence-corrected chi connectivity index (χ2v) is 10.4. The lowest BCUT2D eigenvalue weighted by Crippen LogP contribution is -2.54. The van der Waals surface area contributed by atoms with Crippen molar-refractivity contribution in [2.45, 2.75) is 44.4 Å². The minimum atomic E-state index is -3.24. The highest BCUT2D eigenvalue weighted by molar-refractivity contribution is 6.30. The van der Waals surface area contributed by atoms with Crippen LogP contribution in [0.25, 0.3) is 11.1 Å². The van der Waals surface area contributed by atoms with E-state index >= 15 is 4.39 Å². The molecule has 0 bridgehead atoms. The van der Waals surface area contributed by atoms with Crippen molar-refractivity contribution < 1.29 is 34.0 Å². The zero-order chi connectivity index (χ0) is 28.5. The van der Waals surface area contributed by atoms with Crippen LogP contribution in [-0.2, 0) is 21.9 Å². The fourth-order valence-electron chi connectivity index (χ4n) is 4.57. The summed E-state index contributed by atoms with van der Waals surface area (Å²) >= 11 is 12.1. The van der Waals surface area contributed by atoms with E-state index in [-0.39, 0.29) is 34.4 Å². The molecule has 1 aliphatic heterocycles. The summed E-state index contributed by atoms with van der Waals surface area (Å²) in [4.78, 5) is 31.2. The number of carbonyl (C=O) groups is 2. The fourth-order valence-corrected chi connectivity index (χ4v) is 4.81. The Bertz CT molecular complexity index is 1390. The van der Waals surface area contributed by atoms with Crippen LogP contribution in [0, 0.1) is 0 Å². The van der Waals surface area contributed by atoms with Gasteiger partial charge >= 0.3 is 5.98 Å². The number of halogens is 3. The fraction of sp³-hybridized carbons (Fsp3) is 0.321. The van der Waals surface area contributed by atoms with Crippen LogP contribution in [0.1, 0.15) is 47.4 Å². The van der Waals surface area contributed by atoms with Gasteiger partial charge < -0.3 is 20.1 Å². The molecule has 0 fully saturated rings. The van der Waals surface area contributed by atoms with E-state index in [9.17, 15) is 24.9 Å².